The van der Waals surface area contributed by atoms with Gasteiger partial charge in [-0.15, -0.1) is 0 Å². The Kier molecular flexibility index (Phi) is 4.51. The van der Waals surface area contributed by atoms with Crippen LogP contribution in [-0.4, -0.2) is 29.9 Å². The third-order valence-electron chi connectivity index (χ3n) is 2.19. The predicted octanol–water partition coefficient (Wildman–Crippen LogP) is 1.16. The molecule has 1 N–H and O–H groups in total. The first-order valence-corrected chi connectivity index (χ1v) is 5.16. The molecule has 0 aliphatic carbocycles. The normalized spacial score (nSPS) is 11.1. The smallest absolute Gasteiger partial charge is 0.267 e. The molecule has 0 unspecified atom stereocenters. The number of carbonyl (C=O) groups excluding carboxylic acids is 1. The van der Waals surface area contributed by atoms with Crippen LogP contribution in [0.15, 0.2) is 36.3 Å². The summed E-state index contributed by atoms with van der Waals surface area (Å²) >= 11 is 0. The van der Waals surface area contributed by atoms with Gasteiger partial charge in [-0.2, -0.15) is 0 Å². The van der Waals surface area contributed by atoms with Crippen molar-refractivity contribution in [3.63, 3.8) is 0 Å². The van der Waals surface area contributed by atoms with E-state index in [1.165, 1.54) is 0 Å². The van der Waals surface area contributed by atoms with E-state index in [9.17, 15) is 4.79 Å². The van der Waals surface area contributed by atoms with Crippen LogP contribution in [0.1, 0.15) is 12.5 Å². The first-order chi connectivity index (χ1) is 7.65. The van der Waals surface area contributed by atoms with Gasteiger partial charge in [0.1, 0.15) is 0 Å². The fourth-order valence-corrected chi connectivity index (χ4v) is 1.37. The molecular formula is C12H17N3O. The lowest BCUT2D eigenvalue weighted by molar-refractivity contribution is -0.118. The molecule has 4 heteroatoms. The van der Waals surface area contributed by atoms with Gasteiger partial charge in [-0.1, -0.05) is 6.08 Å². The average Bonchev–Trinajstić information content (AvgIpc) is 2.28. The zero-order chi connectivity index (χ0) is 12.0. The van der Waals surface area contributed by atoms with Gasteiger partial charge in [0.05, 0.1) is 5.70 Å². The molecule has 1 aromatic rings. The van der Waals surface area contributed by atoms with Crippen molar-refractivity contribution in [2.75, 3.05) is 14.1 Å². The highest BCUT2D eigenvalue weighted by Gasteiger charge is 2.09. The topological polar surface area (TPSA) is 45.2 Å². The van der Waals surface area contributed by atoms with Crippen LogP contribution in [-0.2, 0) is 11.3 Å². The Bertz CT molecular complexity index is 371. The number of rotatable bonds is 4. The number of nitrogens with zero attached hydrogens (tertiary/aromatic N) is 2. The van der Waals surface area contributed by atoms with E-state index in [1.54, 1.807) is 23.4 Å². The first kappa shape index (κ1) is 12.2. The molecule has 0 atom stereocenters. The van der Waals surface area contributed by atoms with E-state index in [1.807, 2.05) is 33.2 Å². The lowest BCUT2D eigenvalue weighted by Crippen LogP contribution is -2.30. The van der Waals surface area contributed by atoms with Crippen molar-refractivity contribution in [3.05, 3.63) is 41.9 Å². The Morgan fingerprint density at radius 1 is 1.44 bits per heavy atom. The van der Waals surface area contributed by atoms with Gasteiger partial charge in [0.25, 0.3) is 5.91 Å². The van der Waals surface area contributed by atoms with Crippen molar-refractivity contribution in [1.82, 2.24) is 15.2 Å². The standard InChI is InChI=1S/C12H17N3O/c1-4-11(15(2)3)12(16)14-9-10-5-7-13-8-6-10/h4-8H,9H2,1-3H3,(H,14,16). The summed E-state index contributed by atoms with van der Waals surface area (Å²) in [5.74, 6) is -0.0655. The van der Waals surface area contributed by atoms with Crippen LogP contribution < -0.4 is 5.32 Å². The molecule has 0 spiro atoms. The molecule has 0 aromatic carbocycles. The zero-order valence-corrected chi connectivity index (χ0v) is 9.90. The number of hydrogen-bond donors (Lipinski definition) is 1. The van der Waals surface area contributed by atoms with Crippen molar-refractivity contribution in [2.45, 2.75) is 13.5 Å². The van der Waals surface area contributed by atoms with Crippen molar-refractivity contribution in [2.24, 2.45) is 0 Å². The fraction of sp³-hybridized carbons (Fsp3) is 0.333. The molecule has 1 rings (SSSR count). The lowest BCUT2D eigenvalue weighted by Gasteiger charge is -2.16. The number of allylic oxidation sites excluding steroid dienone is 1. The highest BCUT2D eigenvalue weighted by Crippen LogP contribution is 2.00. The van der Waals surface area contributed by atoms with Crippen molar-refractivity contribution in [3.8, 4) is 0 Å². The van der Waals surface area contributed by atoms with E-state index < -0.39 is 0 Å². The Balaban J connectivity index is 2.53. The van der Waals surface area contributed by atoms with Crippen LogP contribution >= 0.6 is 0 Å². The predicted molar refractivity (Wildman–Crippen MR) is 63.5 cm³/mol. The van der Waals surface area contributed by atoms with Gasteiger partial charge >= 0.3 is 0 Å². The molecule has 4 nitrogen and oxygen atoms in total. The van der Waals surface area contributed by atoms with Crippen molar-refractivity contribution < 1.29 is 4.79 Å². The molecule has 0 radical (unpaired) electrons. The molecule has 0 bridgehead atoms. The highest BCUT2D eigenvalue weighted by molar-refractivity contribution is 5.92. The Morgan fingerprint density at radius 3 is 2.56 bits per heavy atom. The summed E-state index contributed by atoms with van der Waals surface area (Å²) in [5.41, 5.74) is 1.70. The third kappa shape index (κ3) is 3.38. The van der Waals surface area contributed by atoms with Gasteiger partial charge in [0.2, 0.25) is 0 Å². The summed E-state index contributed by atoms with van der Waals surface area (Å²) < 4.78 is 0. The number of amides is 1. The molecule has 0 fully saturated rings. The van der Waals surface area contributed by atoms with E-state index >= 15 is 0 Å². The second kappa shape index (κ2) is 5.90. The third-order valence-corrected chi connectivity index (χ3v) is 2.19. The van der Waals surface area contributed by atoms with Crippen LogP contribution in [0.25, 0.3) is 0 Å². The number of pyridine rings is 1. The summed E-state index contributed by atoms with van der Waals surface area (Å²) in [5, 5.41) is 2.85. The van der Waals surface area contributed by atoms with Gasteiger partial charge in [0, 0.05) is 33.0 Å². The summed E-state index contributed by atoms with van der Waals surface area (Å²) in [7, 11) is 3.70. The number of hydrogen-bond acceptors (Lipinski definition) is 3. The molecule has 1 heterocycles. The van der Waals surface area contributed by atoms with Crippen LogP contribution in [0.5, 0.6) is 0 Å². The summed E-state index contributed by atoms with van der Waals surface area (Å²) in [4.78, 5) is 17.5. The van der Waals surface area contributed by atoms with Gasteiger partial charge in [0.15, 0.2) is 0 Å². The van der Waals surface area contributed by atoms with Crippen LogP contribution in [0.2, 0.25) is 0 Å². The summed E-state index contributed by atoms with van der Waals surface area (Å²) in [6.07, 6.45) is 5.22. The molecule has 0 saturated heterocycles. The summed E-state index contributed by atoms with van der Waals surface area (Å²) in [6, 6.07) is 3.76. The largest absolute Gasteiger partial charge is 0.373 e. The average molecular weight is 219 g/mol. The quantitative estimate of drug-likeness (QED) is 0.773. The maximum Gasteiger partial charge on any atom is 0.267 e. The minimum atomic E-state index is -0.0655. The highest BCUT2D eigenvalue weighted by atomic mass is 16.2. The monoisotopic (exact) mass is 219 g/mol. The Morgan fingerprint density at radius 2 is 2.06 bits per heavy atom. The molecule has 1 amide bonds. The van der Waals surface area contributed by atoms with Crippen LogP contribution in [0.4, 0.5) is 0 Å². The fourth-order valence-electron chi connectivity index (χ4n) is 1.37. The second-order valence-corrected chi connectivity index (χ2v) is 3.61. The minimum absolute atomic E-state index is 0.0655. The molecule has 1 aromatic heterocycles. The number of aromatic nitrogens is 1. The molecule has 16 heavy (non-hydrogen) atoms. The molecular weight excluding hydrogens is 202 g/mol. The van der Waals surface area contributed by atoms with Gasteiger partial charge < -0.3 is 10.2 Å². The van der Waals surface area contributed by atoms with E-state index in [0.717, 1.165) is 5.56 Å². The van der Waals surface area contributed by atoms with Crippen LogP contribution in [0.3, 0.4) is 0 Å². The van der Waals surface area contributed by atoms with E-state index in [2.05, 4.69) is 10.3 Å². The van der Waals surface area contributed by atoms with Gasteiger partial charge in [-0.05, 0) is 24.6 Å². The lowest BCUT2D eigenvalue weighted by atomic mass is 10.2. The number of likely N-dealkylation sites (N-methyl/N-ethyl adjacent to an activating group) is 1. The van der Waals surface area contributed by atoms with Crippen LogP contribution in [0, 0.1) is 0 Å². The van der Waals surface area contributed by atoms with E-state index in [-0.39, 0.29) is 5.91 Å². The molecule has 0 aliphatic heterocycles. The van der Waals surface area contributed by atoms with Gasteiger partial charge in [-0.3, -0.25) is 9.78 Å². The Hall–Kier alpha value is -1.84. The zero-order valence-electron chi connectivity index (χ0n) is 9.90. The maximum atomic E-state index is 11.8. The van der Waals surface area contributed by atoms with Crippen molar-refractivity contribution >= 4 is 5.91 Å². The van der Waals surface area contributed by atoms with Crippen molar-refractivity contribution in [1.29, 1.82) is 0 Å². The Labute approximate surface area is 96.0 Å². The first-order valence-electron chi connectivity index (χ1n) is 5.16. The van der Waals surface area contributed by atoms with Gasteiger partial charge in [-0.25, -0.2) is 0 Å². The van der Waals surface area contributed by atoms with E-state index in [4.69, 9.17) is 0 Å². The molecule has 0 aliphatic rings. The molecule has 86 valence electrons. The molecule has 0 saturated carbocycles. The SMILES string of the molecule is CC=C(C(=O)NCc1ccncc1)N(C)C. The minimum Gasteiger partial charge on any atom is -0.373 e. The maximum absolute atomic E-state index is 11.8. The van der Waals surface area contributed by atoms with E-state index in [0.29, 0.717) is 12.2 Å². The number of nitrogens with one attached hydrogen (secondary N) is 1. The number of carbonyl (C=O) groups is 1. The summed E-state index contributed by atoms with van der Waals surface area (Å²) in [6.45, 7) is 2.37. The second-order valence-electron chi connectivity index (χ2n) is 3.61.